The van der Waals surface area contributed by atoms with Crippen LogP contribution >= 0.6 is 23.1 Å². The van der Waals surface area contributed by atoms with Crippen LogP contribution in [0.2, 0.25) is 0 Å². The van der Waals surface area contributed by atoms with Gasteiger partial charge in [-0.1, -0.05) is 42.9 Å². The fraction of sp³-hybridized carbons (Fsp3) is 0.818. The van der Waals surface area contributed by atoms with Gasteiger partial charge in [0.05, 0.1) is 12.7 Å². The second-order valence-electron chi connectivity index (χ2n) is 4.22. The molecular weight excluding hydrogens is 240 g/mol. The van der Waals surface area contributed by atoms with Crippen molar-refractivity contribution < 1.29 is 4.74 Å². The molecule has 1 aliphatic rings. The molecule has 5 heteroatoms. The molecule has 1 saturated carbocycles. The molecule has 0 bridgehead atoms. The maximum Gasteiger partial charge on any atom is 0.174 e. The van der Waals surface area contributed by atoms with E-state index in [1.54, 1.807) is 28.6 Å². The third kappa shape index (κ3) is 3.71. The van der Waals surface area contributed by atoms with E-state index in [9.17, 15) is 0 Å². The Kier molecular flexibility index (Phi) is 5.06. The van der Waals surface area contributed by atoms with E-state index in [2.05, 4.69) is 17.1 Å². The first kappa shape index (κ1) is 12.3. The third-order valence-electron chi connectivity index (χ3n) is 3.01. The second kappa shape index (κ2) is 6.57. The molecule has 1 fully saturated rings. The quantitative estimate of drug-likeness (QED) is 0.600. The van der Waals surface area contributed by atoms with Crippen molar-refractivity contribution in [2.24, 2.45) is 5.92 Å². The second-order valence-corrected chi connectivity index (χ2v) is 6.40. The van der Waals surface area contributed by atoms with E-state index in [1.165, 1.54) is 25.7 Å². The van der Waals surface area contributed by atoms with Crippen molar-refractivity contribution >= 4 is 23.1 Å². The molecule has 0 radical (unpaired) electrons. The van der Waals surface area contributed by atoms with Gasteiger partial charge in [-0.25, -0.2) is 0 Å². The molecule has 1 aliphatic carbocycles. The van der Waals surface area contributed by atoms with Gasteiger partial charge in [0.1, 0.15) is 5.51 Å². The lowest BCUT2D eigenvalue weighted by Gasteiger charge is -2.28. The van der Waals surface area contributed by atoms with Gasteiger partial charge in [-0.15, -0.1) is 10.2 Å². The van der Waals surface area contributed by atoms with E-state index in [4.69, 9.17) is 4.74 Å². The topological polar surface area (TPSA) is 35.0 Å². The van der Waals surface area contributed by atoms with Crippen molar-refractivity contribution in [3.63, 3.8) is 0 Å². The zero-order valence-corrected chi connectivity index (χ0v) is 11.2. The van der Waals surface area contributed by atoms with Gasteiger partial charge >= 0.3 is 0 Å². The molecule has 16 heavy (non-hydrogen) atoms. The fourth-order valence-corrected chi connectivity index (χ4v) is 3.47. The van der Waals surface area contributed by atoms with Crippen LogP contribution in [0.4, 0.5) is 0 Å². The van der Waals surface area contributed by atoms with E-state index in [-0.39, 0.29) is 0 Å². The van der Waals surface area contributed by atoms with Crippen molar-refractivity contribution in [3.8, 4) is 0 Å². The van der Waals surface area contributed by atoms with Crippen LogP contribution in [0, 0.1) is 5.92 Å². The molecule has 0 saturated heterocycles. The van der Waals surface area contributed by atoms with E-state index < -0.39 is 0 Å². The average molecular weight is 258 g/mol. The Morgan fingerprint density at radius 2 is 2.38 bits per heavy atom. The van der Waals surface area contributed by atoms with Crippen LogP contribution in [0.15, 0.2) is 9.85 Å². The minimum absolute atomic E-state index is 0.490. The molecule has 1 heterocycles. The Morgan fingerprint density at radius 3 is 3.12 bits per heavy atom. The van der Waals surface area contributed by atoms with Crippen molar-refractivity contribution in [1.29, 1.82) is 0 Å². The van der Waals surface area contributed by atoms with Gasteiger partial charge in [0.15, 0.2) is 4.34 Å². The Hall–Kier alpha value is -0.130. The van der Waals surface area contributed by atoms with Gasteiger partial charge < -0.3 is 4.74 Å². The Morgan fingerprint density at radius 1 is 1.50 bits per heavy atom. The average Bonchev–Trinajstić information content (AvgIpc) is 2.79. The highest BCUT2D eigenvalue weighted by molar-refractivity contribution is 8.01. The summed E-state index contributed by atoms with van der Waals surface area (Å²) in [7, 11) is 0. The van der Waals surface area contributed by atoms with Gasteiger partial charge in [0, 0.05) is 5.75 Å². The Bertz CT molecular complexity index is 292. The van der Waals surface area contributed by atoms with Crippen LogP contribution < -0.4 is 0 Å². The molecule has 0 aliphatic heterocycles. The smallest absolute Gasteiger partial charge is 0.174 e. The summed E-state index contributed by atoms with van der Waals surface area (Å²) in [6, 6.07) is 0. The molecular formula is C11H18N2OS2. The zero-order valence-electron chi connectivity index (χ0n) is 9.59. The summed E-state index contributed by atoms with van der Waals surface area (Å²) in [4.78, 5) is 0. The molecule has 2 rings (SSSR count). The van der Waals surface area contributed by atoms with E-state index in [0.29, 0.717) is 6.10 Å². The number of hydrogen-bond donors (Lipinski definition) is 0. The van der Waals surface area contributed by atoms with Crippen molar-refractivity contribution in [3.05, 3.63) is 5.51 Å². The number of rotatable bonds is 5. The molecule has 0 aromatic carbocycles. The summed E-state index contributed by atoms with van der Waals surface area (Å²) in [5, 5.41) is 7.80. The lowest BCUT2D eigenvalue weighted by Crippen LogP contribution is -2.26. The highest BCUT2D eigenvalue weighted by Crippen LogP contribution is 2.26. The summed E-state index contributed by atoms with van der Waals surface area (Å²) in [6.45, 7) is 3.14. The minimum Gasteiger partial charge on any atom is -0.377 e. The van der Waals surface area contributed by atoms with Crippen LogP contribution in [0.5, 0.6) is 0 Å². The first-order chi connectivity index (χ1) is 7.86. The van der Waals surface area contributed by atoms with Crippen LogP contribution in [0.25, 0.3) is 0 Å². The summed E-state index contributed by atoms with van der Waals surface area (Å²) in [6.07, 6.45) is 5.77. The number of hydrogen-bond acceptors (Lipinski definition) is 5. The van der Waals surface area contributed by atoms with Crippen LogP contribution in [0.3, 0.4) is 0 Å². The monoisotopic (exact) mass is 258 g/mol. The van der Waals surface area contributed by atoms with Crippen molar-refractivity contribution in [2.75, 3.05) is 12.4 Å². The highest BCUT2D eigenvalue weighted by Gasteiger charge is 2.21. The van der Waals surface area contributed by atoms with Crippen LogP contribution in [0.1, 0.15) is 32.6 Å². The number of nitrogens with zero attached hydrogens (tertiary/aromatic N) is 2. The third-order valence-corrected chi connectivity index (χ3v) is 4.84. The zero-order chi connectivity index (χ0) is 11.2. The van der Waals surface area contributed by atoms with Gasteiger partial charge in [0.2, 0.25) is 0 Å². The molecule has 1 aromatic heterocycles. The molecule has 2 atom stereocenters. The summed E-state index contributed by atoms with van der Waals surface area (Å²) in [5.41, 5.74) is 1.77. The molecule has 3 nitrogen and oxygen atoms in total. The molecule has 90 valence electrons. The Labute approximate surface area is 105 Å². The normalized spacial score (nSPS) is 25.8. The molecule has 1 aromatic rings. The van der Waals surface area contributed by atoms with Crippen LogP contribution in [-0.2, 0) is 4.74 Å². The summed E-state index contributed by atoms with van der Waals surface area (Å²) < 4.78 is 6.97. The van der Waals surface area contributed by atoms with Crippen LogP contribution in [-0.4, -0.2) is 28.7 Å². The SMILES string of the molecule is C[C@@H]1CCCC[C@H]1OCCSc1nncs1. The standard InChI is InChI=1S/C11H18N2OS2/c1-9-4-2-3-5-10(9)14-6-7-15-11-13-12-8-16-11/h8-10H,2-7H2,1H3/t9-,10-/m1/s1. The maximum absolute atomic E-state index is 5.93. The van der Waals surface area contributed by atoms with E-state index in [0.717, 1.165) is 22.6 Å². The fourth-order valence-electron chi connectivity index (χ4n) is 2.08. The number of thioether (sulfide) groups is 1. The summed E-state index contributed by atoms with van der Waals surface area (Å²) >= 11 is 3.33. The highest BCUT2D eigenvalue weighted by atomic mass is 32.2. The predicted molar refractivity (Wildman–Crippen MR) is 68.0 cm³/mol. The lowest BCUT2D eigenvalue weighted by molar-refractivity contribution is 0.00347. The minimum atomic E-state index is 0.490. The molecule has 0 unspecified atom stereocenters. The van der Waals surface area contributed by atoms with Crippen molar-refractivity contribution in [1.82, 2.24) is 10.2 Å². The first-order valence-corrected chi connectivity index (χ1v) is 7.73. The Balaban J connectivity index is 1.60. The number of ether oxygens (including phenoxy) is 1. The predicted octanol–water partition coefficient (Wildman–Crippen LogP) is 3.23. The largest absolute Gasteiger partial charge is 0.377 e. The maximum atomic E-state index is 5.93. The molecule has 0 spiro atoms. The van der Waals surface area contributed by atoms with Crippen molar-refractivity contribution in [2.45, 2.75) is 43.1 Å². The van der Waals surface area contributed by atoms with Gasteiger partial charge in [0.25, 0.3) is 0 Å². The van der Waals surface area contributed by atoms with E-state index >= 15 is 0 Å². The van der Waals surface area contributed by atoms with Gasteiger partial charge in [-0.3, -0.25) is 0 Å². The van der Waals surface area contributed by atoms with Gasteiger partial charge in [-0.2, -0.15) is 0 Å². The lowest BCUT2D eigenvalue weighted by atomic mass is 9.88. The molecule has 0 N–H and O–H groups in total. The molecule has 0 amide bonds. The first-order valence-electron chi connectivity index (χ1n) is 5.87. The summed E-state index contributed by atoms with van der Waals surface area (Å²) in [5.74, 6) is 1.72. The van der Waals surface area contributed by atoms with Gasteiger partial charge in [-0.05, 0) is 18.8 Å². The number of aromatic nitrogens is 2. The van der Waals surface area contributed by atoms with E-state index in [1.807, 2.05) is 0 Å².